The Labute approximate surface area is 131 Å². The minimum atomic E-state index is -0.656. The Morgan fingerprint density at radius 1 is 1.32 bits per heavy atom. The van der Waals surface area contributed by atoms with Gasteiger partial charge < -0.3 is 14.2 Å². The molecule has 22 heavy (non-hydrogen) atoms. The van der Waals surface area contributed by atoms with Crippen molar-refractivity contribution in [2.75, 3.05) is 13.2 Å². The van der Waals surface area contributed by atoms with Gasteiger partial charge in [0.15, 0.2) is 0 Å². The fraction of sp³-hybridized carbons (Fsp3) is 0.389. The molecule has 0 aliphatic carbocycles. The van der Waals surface area contributed by atoms with E-state index in [0.29, 0.717) is 24.7 Å². The van der Waals surface area contributed by atoms with E-state index in [2.05, 4.69) is 13.8 Å². The number of hydrogen-bond acceptors (Lipinski definition) is 4. The number of cyclic esters (lactones) is 1. The first-order valence-electron chi connectivity index (χ1n) is 7.43. The Bertz CT molecular complexity index is 558. The van der Waals surface area contributed by atoms with E-state index in [0.717, 1.165) is 11.1 Å². The monoisotopic (exact) mass is 302 g/mol. The summed E-state index contributed by atoms with van der Waals surface area (Å²) in [5, 5.41) is 0. The molecule has 0 radical (unpaired) electrons. The molecule has 4 nitrogen and oxygen atoms in total. The summed E-state index contributed by atoms with van der Waals surface area (Å²) >= 11 is 0. The number of carbonyl (C=O) groups is 1. The lowest BCUT2D eigenvalue weighted by Crippen LogP contribution is -2.10. The summed E-state index contributed by atoms with van der Waals surface area (Å²) in [5.41, 5.74) is 2.50. The number of rotatable bonds is 7. The van der Waals surface area contributed by atoms with E-state index in [1.165, 1.54) is 0 Å². The van der Waals surface area contributed by atoms with Crippen LogP contribution in [0.5, 0.6) is 0 Å². The molecule has 0 fully saturated rings. The van der Waals surface area contributed by atoms with Crippen molar-refractivity contribution in [1.82, 2.24) is 0 Å². The Hall–Kier alpha value is -2.07. The zero-order valence-electron chi connectivity index (χ0n) is 13.2. The Morgan fingerprint density at radius 2 is 2.05 bits per heavy atom. The van der Waals surface area contributed by atoms with E-state index in [9.17, 15) is 4.79 Å². The molecule has 1 heterocycles. The van der Waals surface area contributed by atoms with Crippen LogP contribution in [-0.4, -0.2) is 25.5 Å². The van der Waals surface area contributed by atoms with Crippen LogP contribution in [0, 0.1) is 5.92 Å². The molecule has 4 heteroatoms. The van der Waals surface area contributed by atoms with Crippen molar-refractivity contribution in [1.29, 1.82) is 0 Å². The maximum atomic E-state index is 11.3. The Balaban J connectivity index is 2.03. The van der Waals surface area contributed by atoms with E-state index < -0.39 is 6.29 Å². The van der Waals surface area contributed by atoms with E-state index in [1.807, 2.05) is 30.3 Å². The van der Waals surface area contributed by atoms with Crippen LogP contribution in [0.3, 0.4) is 0 Å². The second-order valence-corrected chi connectivity index (χ2v) is 5.68. The lowest BCUT2D eigenvalue weighted by molar-refractivity contribution is -0.152. The zero-order chi connectivity index (χ0) is 15.9. The molecule has 1 aromatic rings. The lowest BCUT2D eigenvalue weighted by Gasteiger charge is -2.13. The molecule has 1 aliphatic rings. The summed E-state index contributed by atoms with van der Waals surface area (Å²) in [6, 6.07) is 9.88. The Morgan fingerprint density at radius 3 is 2.64 bits per heavy atom. The minimum absolute atomic E-state index is 0.337. The largest absolute Gasteiger partial charge is 0.458 e. The third kappa shape index (κ3) is 4.74. The Kier molecular flexibility index (Phi) is 5.78. The van der Waals surface area contributed by atoms with Gasteiger partial charge in [0.2, 0.25) is 0 Å². The molecule has 1 aromatic carbocycles. The maximum Gasteiger partial charge on any atom is 0.336 e. The van der Waals surface area contributed by atoms with Gasteiger partial charge in [-0.3, -0.25) is 0 Å². The summed E-state index contributed by atoms with van der Waals surface area (Å²) in [6.45, 7) is 7.05. The molecule has 0 N–H and O–H groups in total. The summed E-state index contributed by atoms with van der Waals surface area (Å²) < 4.78 is 16.3. The topological polar surface area (TPSA) is 44.8 Å². The van der Waals surface area contributed by atoms with E-state index >= 15 is 0 Å². The van der Waals surface area contributed by atoms with Crippen LogP contribution in [0.15, 0.2) is 48.2 Å². The van der Waals surface area contributed by atoms with Crippen molar-refractivity contribution in [3.63, 3.8) is 0 Å². The predicted octanol–water partition coefficient (Wildman–Crippen LogP) is 3.55. The minimum Gasteiger partial charge on any atom is -0.458 e. The van der Waals surface area contributed by atoms with Crippen LogP contribution in [0.1, 0.15) is 26.3 Å². The van der Waals surface area contributed by atoms with Gasteiger partial charge >= 0.3 is 5.97 Å². The molecule has 0 bridgehead atoms. The van der Waals surface area contributed by atoms with Crippen LogP contribution < -0.4 is 0 Å². The van der Waals surface area contributed by atoms with Gasteiger partial charge in [-0.2, -0.15) is 0 Å². The second-order valence-electron chi connectivity index (χ2n) is 5.68. The van der Waals surface area contributed by atoms with Crippen LogP contribution in [-0.2, 0) is 19.0 Å². The normalized spacial score (nSPS) is 18.4. The van der Waals surface area contributed by atoms with Crippen molar-refractivity contribution in [3.05, 3.63) is 53.8 Å². The van der Waals surface area contributed by atoms with Gasteiger partial charge in [-0.15, -0.1) is 0 Å². The molecule has 1 unspecified atom stereocenters. The first-order valence-corrected chi connectivity index (χ1v) is 7.43. The highest BCUT2D eigenvalue weighted by Crippen LogP contribution is 2.19. The van der Waals surface area contributed by atoms with Gasteiger partial charge in [0.05, 0.1) is 12.9 Å². The highest BCUT2D eigenvalue weighted by atomic mass is 16.7. The quantitative estimate of drug-likeness (QED) is 0.571. The van der Waals surface area contributed by atoms with Gasteiger partial charge in [-0.25, -0.2) is 4.79 Å². The third-order valence-corrected chi connectivity index (χ3v) is 3.13. The molecule has 0 saturated heterocycles. The first kappa shape index (κ1) is 16.3. The van der Waals surface area contributed by atoms with Crippen LogP contribution in [0.25, 0.3) is 5.57 Å². The number of benzene rings is 1. The summed E-state index contributed by atoms with van der Waals surface area (Å²) in [4.78, 5) is 11.3. The number of ether oxygens (including phenoxy) is 3. The highest BCUT2D eigenvalue weighted by molar-refractivity contribution is 5.89. The van der Waals surface area contributed by atoms with Crippen molar-refractivity contribution >= 4 is 11.5 Å². The smallest absolute Gasteiger partial charge is 0.336 e. The van der Waals surface area contributed by atoms with Gasteiger partial charge in [-0.05, 0) is 18.4 Å². The maximum absolute atomic E-state index is 11.3. The number of esters is 1. The zero-order valence-corrected chi connectivity index (χ0v) is 13.2. The summed E-state index contributed by atoms with van der Waals surface area (Å²) in [7, 11) is 0. The lowest BCUT2D eigenvalue weighted by atomic mass is 10.1. The summed E-state index contributed by atoms with van der Waals surface area (Å²) in [6.07, 6.45) is 2.62. The molecule has 1 aliphatic heterocycles. The fourth-order valence-corrected chi connectivity index (χ4v) is 1.96. The number of hydrogen-bond donors (Lipinski definition) is 0. The van der Waals surface area contributed by atoms with Crippen LogP contribution >= 0.6 is 0 Å². The summed E-state index contributed by atoms with van der Waals surface area (Å²) in [5.74, 6) is 0.134. The molecule has 0 aromatic heterocycles. The number of carbonyl (C=O) groups excluding carboxylic acids is 1. The van der Waals surface area contributed by atoms with Gasteiger partial charge in [0.1, 0.15) is 0 Å². The standard InChI is InChI=1S/C18H22O4/c1-13(2)10-20-11-16(15-7-5-4-6-8-15)12-21-17-9-14(3)18(19)22-17/h4-9,12-13,17H,10-11H2,1-3H3/b16-12-. The van der Waals surface area contributed by atoms with Gasteiger partial charge in [-0.1, -0.05) is 44.2 Å². The molecule has 118 valence electrons. The molecule has 0 amide bonds. The average Bonchev–Trinajstić information content (AvgIpc) is 2.82. The average molecular weight is 302 g/mol. The predicted molar refractivity (Wildman–Crippen MR) is 84.8 cm³/mol. The van der Waals surface area contributed by atoms with E-state index in [4.69, 9.17) is 14.2 Å². The molecule has 2 rings (SSSR count). The molecular weight excluding hydrogens is 280 g/mol. The van der Waals surface area contributed by atoms with Crippen molar-refractivity contribution in [3.8, 4) is 0 Å². The SMILES string of the molecule is CC1=CC(O/C=C(/COCC(C)C)c2ccccc2)OC1=O. The molecule has 1 atom stereocenters. The molecular formula is C18H22O4. The molecule has 0 spiro atoms. The first-order chi connectivity index (χ1) is 10.6. The second kappa shape index (κ2) is 7.80. The fourth-order valence-electron chi connectivity index (χ4n) is 1.96. The third-order valence-electron chi connectivity index (χ3n) is 3.13. The van der Waals surface area contributed by atoms with Crippen molar-refractivity contribution in [2.24, 2.45) is 5.92 Å². The van der Waals surface area contributed by atoms with Gasteiger partial charge in [0, 0.05) is 23.8 Å². The van der Waals surface area contributed by atoms with Crippen molar-refractivity contribution < 1.29 is 19.0 Å². The van der Waals surface area contributed by atoms with E-state index in [-0.39, 0.29) is 5.97 Å². The highest BCUT2D eigenvalue weighted by Gasteiger charge is 2.22. The van der Waals surface area contributed by atoms with E-state index in [1.54, 1.807) is 19.3 Å². The van der Waals surface area contributed by atoms with Crippen LogP contribution in [0.2, 0.25) is 0 Å². The van der Waals surface area contributed by atoms with Crippen LogP contribution in [0.4, 0.5) is 0 Å². The molecule has 0 saturated carbocycles. The van der Waals surface area contributed by atoms with Crippen molar-refractivity contribution in [2.45, 2.75) is 27.1 Å². The van der Waals surface area contributed by atoms with Gasteiger partial charge in [0.25, 0.3) is 6.29 Å².